The second kappa shape index (κ2) is 6.61. The summed E-state index contributed by atoms with van der Waals surface area (Å²) in [5, 5.41) is 37.2. The third-order valence-electron chi connectivity index (χ3n) is 3.71. The number of hydrogen-bond donors (Lipinski definition) is 3. The fourth-order valence-electron chi connectivity index (χ4n) is 2.44. The molecule has 0 saturated heterocycles. The summed E-state index contributed by atoms with van der Waals surface area (Å²) in [6.45, 7) is 0. The molecule has 0 unspecified atom stereocenters. The van der Waals surface area contributed by atoms with Gasteiger partial charge in [-0.25, -0.2) is 0 Å². The maximum atomic E-state index is 12.3. The summed E-state index contributed by atoms with van der Waals surface area (Å²) < 4.78 is 0. The zero-order valence-corrected chi connectivity index (χ0v) is 13.1. The zero-order chi connectivity index (χ0) is 18.8. The van der Waals surface area contributed by atoms with E-state index in [1.165, 1.54) is 36.4 Å². The number of carbonyl (C=O) groups excluding carboxylic acids is 1. The number of fused-ring (bicyclic) bond motifs is 1. The molecule has 0 aromatic heterocycles. The highest BCUT2D eigenvalue weighted by Crippen LogP contribution is 2.32. The van der Waals surface area contributed by atoms with Crippen molar-refractivity contribution in [1.29, 1.82) is 0 Å². The molecule has 1 atom stereocenters. The maximum absolute atomic E-state index is 12.3. The fraction of sp³-hybridized carbons (Fsp3) is 0.0625. The van der Waals surface area contributed by atoms with Gasteiger partial charge in [0.15, 0.2) is 12.0 Å². The number of aliphatic hydroxyl groups excluding tert-OH is 1. The number of ketones is 1. The Bertz CT molecular complexity index is 956. The van der Waals surface area contributed by atoms with Gasteiger partial charge in [-0.2, -0.15) is 0 Å². The first-order chi connectivity index (χ1) is 12.3. The predicted octanol–water partition coefficient (Wildman–Crippen LogP) is 2.43. The van der Waals surface area contributed by atoms with E-state index in [-0.39, 0.29) is 22.6 Å². The molecule has 10 heteroatoms. The van der Waals surface area contributed by atoms with Gasteiger partial charge < -0.3 is 15.7 Å². The highest BCUT2D eigenvalue weighted by molar-refractivity contribution is 6.05. The van der Waals surface area contributed by atoms with Crippen LogP contribution in [0.3, 0.4) is 0 Å². The Labute approximate surface area is 146 Å². The van der Waals surface area contributed by atoms with Crippen LogP contribution < -0.4 is 10.6 Å². The highest BCUT2D eigenvalue weighted by Gasteiger charge is 2.23. The van der Waals surface area contributed by atoms with Crippen LogP contribution in [0.4, 0.5) is 22.7 Å². The lowest BCUT2D eigenvalue weighted by Gasteiger charge is -2.27. The summed E-state index contributed by atoms with van der Waals surface area (Å²) >= 11 is 0. The summed E-state index contributed by atoms with van der Waals surface area (Å²) in [5.41, 5.74) is 0.594. The van der Waals surface area contributed by atoms with Gasteiger partial charge in [0.1, 0.15) is 0 Å². The molecule has 10 nitrogen and oxygen atoms in total. The lowest BCUT2D eigenvalue weighted by atomic mass is 10.1. The molecule has 0 saturated carbocycles. The van der Waals surface area contributed by atoms with Gasteiger partial charge in [0.25, 0.3) is 11.4 Å². The van der Waals surface area contributed by atoms with Crippen LogP contribution in [0.5, 0.6) is 0 Å². The quantitative estimate of drug-likeness (QED) is 0.327. The van der Waals surface area contributed by atoms with Crippen molar-refractivity contribution in [3.63, 3.8) is 0 Å². The van der Waals surface area contributed by atoms with Gasteiger partial charge in [0.05, 0.1) is 26.9 Å². The number of allylic oxidation sites excluding steroid dienone is 1. The Morgan fingerprint density at radius 2 is 1.73 bits per heavy atom. The number of carbonyl (C=O) groups is 1. The molecule has 1 aliphatic rings. The molecule has 0 radical (unpaired) electrons. The summed E-state index contributed by atoms with van der Waals surface area (Å²) in [6.07, 6.45) is -0.187. The van der Waals surface area contributed by atoms with E-state index >= 15 is 0 Å². The third kappa shape index (κ3) is 3.35. The first kappa shape index (κ1) is 17.0. The Hall–Kier alpha value is -3.79. The lowest BCUT2D eigenvalue weighted by molar-refractivity contribution is -0.385. The summed E-state index contributed by atoms with van der Waals surface area (Å²) in [6, 6.07) is 9.20. The number of nitrogens with one attached hydrogen (secondary N) is 2. The molecule has 26 heavy (non-hydrogen) atoms. The van der Waals surface area contributed by atoms with Crippen molar-refractivity contribution in [1.82, 2.24) is 0 Å². The number of anilines is 2. The van der Waals surface area contributed by atoms with E-state index < -0.39 is 21.9 Å². The number of benzene rings is 2. The fourth-order valence-corrected chi connectivity index (χ4v) is 2.44. The monoisotopic (exact) mass is 356 g/mol. The Kier molecular flexibility index (Phi) is 4.33. The van der Waals surface area contributed by atoms with Crippen molar-refractivity contribution in [2.24, 2.45) is 0 Å². The van der Waals surface area contributed by atoms with Crippen LogP contribution in [0.1, 0.15) is 10.4 Å². The lowest BCUT2D eigenvalue weighted by Crippen LogP contribution is -2.31. The zero-order valence-electron chi connectivity index (χ0n) is 13.1. The molecule has 3 N–H and O–H groups in total. The molecule has 1 heterocycles. The molecule has 3 rings (SSSR count). The van der Waals surface area contributed by atoms with E-state index in [1.807, 2.05) is 0 Å². The van der Waals surface area contributed by atoms with Crippen molar-refractivity contribution in [3.05, 3.63) is 80.0 Å². The number of nitro groups is 2. The molecule has 0 spiro atoms. The van der Waals surface area contributed by atoms with Crippen molar-refractivity contribution < 1.29 is 19.7 Å². The highest BCUT2D eigenvalue weighted by atomic mass is 16.6. The normalized spacial score (nSPS) is 17.0. The first-order valence-corrected chi connectivity index (χ1v) is 7.35. The van der Waals surface area contributed by atoms with E-state index in [1.54, 1.807) is 0 Å². The van der Waals surface area contributed by atoms with Crippen molar-refractivity contribution in [2.75, 3.05) is 10.6 Å². The van der Waals surface area contributed by atoms with E-state index in [0.717, 1.165) is 12.1 Å². The van der Waals surface area contributed by atoms with Crippen LogP contribution in [0.15, 0.2) is 54.2 Å². The molecule has 0 amide bonds. The second-order valence-corrected chi connectivity index (χ2v) is 5.43. The SMILES string of the molecule is O=C(/C=C1/Nc2ccc([N+](=O)[O-])cc2N[C@@H]1O)c1cccc([N+](=O)[O-])c1. The molecule has 132 valence electrons. The average molecular weight is 356 g/mol. The van der Waals surface area contributed by atoms with E-state index in [0.29, 0.717) is 11.4 Å². The number of non-ortho nitro benzene ring substituents is 2. The van der Waals surface area contributed by atoms with Crippen molar-refractivity contribution in [2.45, 2.75) is 6.23 Å². The average Bonchev–Trinajstić information content (AvgIpc) is 2.61. The molecular formula is C16H12N4O6. The number of nitro benzene ring substituents is 2. The number of rotatable bonds is 4. The van der Waals surface area contributed by atoms with Crippen LogP contribution in [-0.4, -0.2) is 27.0 Å². The summed E-state index contributed by atoms with van der Waals surface area (Å²) in [4.78, 5) is 32.7. The number of hydrogen-bond acceptors (Lipinski definition) is 8. The molecule has 2 aromatic carbocycles. The molecule has 2 aromatic rings. The Balaban J connectivity index is 1.87. The predicted molar refractivity (Wildman–Crippen MR) is 91.9 cm³/mol. The van der Waals surface area contributed by atoms with Gasteiger partial charge >= 0.3 is 0 Å². The van der Waals surface area contributed by atoms with Gasteiger partial charge in [0, 0.05) is 35.9 Å². The maximum Gasteiger partial charge on any atom is 0.271 e. The van der Waals surface area contributed by atoms with Crippen LogP contribution >= 0.6 is 0 Å². The molecule has 1 aliphatic heterocycles. The minimum atomic E-state index is -1.30. The minimum Gasteiger partial charge on any atom is -0.368 e. The van der Waals surface area contributed by atoms with Crippen molar-refractivity contribution in [3.8, 4) is 0 Å². The van der Waals surface area contributed by atoms with Gasteiger partial charge in [0.2, 0.25) is 0 Å². The van der Waals surface area contributed by atoms with Crippen LogP contribution in [-0.2, 0) is 0 Å². The number of nitrogens with zero attached hydrogens (tertiary/aromatic N) is 2. The first-order valence-electron chi connectivity index (χ1n) is 7.35. The number of aliphatic hydroxyl groups is 1. The van der Waals surface area contributed by atoms with E-state index in [4.69, 9.17) is 0 Å². The third-order valence-corrected chi connectivity index (χ3v) is 3.71. The minimum absolute atomic E-state index is 0.0928. The second-order valence-electron chi connectivity index (χ2n) is 5.43. The Morgan fingerprint density at radius 1 is 1.04 bits per heavy atom. The van der Waals surface area contributed by atoms with Gasteiger partial charge in [-0.1, -0.05) is 12.1 Å². The summed E-state index contributed by atoms with van der Waals surface area (Å²) in [5.74, 6) is -0.539. The van der Waals surface area contributed by atoms with Gasteiger partial charge in [-0.15, -0.1) is 0 Å². The van der Waals surface area contributed by atoms with E-state index in [2.05, 4.69) is 10.6 Å². The Morgan fingerprint density at radius 3 is 2.42 bits per heavy atom. The van der Waals surface area contributed by atoms with Crippen molar-refractivity contribution >= 4 is 28.5 Å². The topological polar surface area (TPSA) is 148 Å². The summed E-state index contributed by atoms with van der Waals surface area (Å²) in [7, 11) is 0. The largest absolute Gasteiger partial charge is 0.368 e. The van der Waals surface area contributed by atoms with Crippen LogP contribution in [0.2, 0.25) is 0 Å². The van der Waals surface area contributed by atoms with Gasteiger partial charge in [-0.05, 0) is 6.07 Å². The molecule has 0 bridgehead atoms. The van der Waals surface area contributed by atoms with Gasteiger partial charge in [-0.3, -0.25) is 25.0 Å². The van der Waals surface area contributed by atoms with E-state index in [9.17, 15) is 30.1 Å². The molecular weight excluding hydrogens is 344 g/mol. The molecule has 0 fully saturated rings. The smallest absolute Gasteiger partial charge is 0.271 e. The molecule has 0 aliphatic carbocycles. The van der Waals surface area contributed by atoms with Crippen LogP contribution in [0.25, 0.3) is 0 Å². The van der Waals surface area contributed by atoms with Crippen LogP contribution in [0, 0.1) is 20.2 Å². The standard InChI is InChI=1S/C16H12N4O6/c21-15(9-2-1-3-10(6-9)19(23)24)8-14-16(22)18-13-7-11(20(25)26)4-5-12(13)17-14/h1-8,16-18,22H/b14-8+/t16-/m1/s1.